The predicted octanol–water partition coefficient (Wildman–Crippen LogP) is 2.73. The Morgan fingerprint density at radius 1 is 0.952 bits per heavy atom. The third-order valence-corrected chi connectivity index (χ3v) is 8.28. The Morgan fingerprint density at radius 3 is 2.29 bits per heavy atom. The summed E-state index contributed by atoms with van der Waals surface area (Å²) in [5, 5.41) is 1.49. The number of hydrogen-bond acceptors (Lipinski definition) is 2. The summed E-state index contributed by atoms with van der Waals surface area (Å²) in [5.74, 6) is 0. The first-order chi connectivity index (χ1) is 10.0. The SMILES string of the molecule is CN(CCc1cccc(CN)c1)[Si](C)(C)c1ccccc1. The molecule has 112 valence electrons. The van der Waals surface area contributed by atoms with Gasteiger partial charge in [0.05, 0.1) is 0 Å². The molecule has 2 nitrogen and oxygen atoms in total. The van der Waals surface area contributed by atoms with Gasteiger partial charge in [0.15, 0.2) is 8.24 Å². The minimum Gasteiger partial charge on any atom is -0.326 e. The van der Waals surface area contributed by atoms with Crippen molar-refractivity contribution < 1.29 is 0 Å². The predicted molar refractivity (Wildman–Crippen MR) is 94.2 cm³/mol. The van der Waals surface area contributed by atoms with Crippen LogP contribution in [0.3, 0.4) is 0 Å². The highest BCUT2D eigenvalue weighted by atomic mass is 28.3. The quantitative estimate of drug-likeness (QED) is 0.831. The number of nitrogens with two attached hydrogens (primary N) is 1. The standard InChI is InChI=1S/C18H26N2Si/c1-20(21(2,3)18-10-5-4-6-11-18)13-12-16-8-7-9-17(14-16)15-19/h4-11,14H,12-13,15,19H2,1-3H3. The van der Waals surface area contributed by atoms with Crippen molar-refractivity contribution in [3.05, 3.63) is 65.7 Å². The Kier molecular flexibility index (Phi) is 5.34. The molecule has 0 radical (unpaired) electrons. The lowest BCUT2D eigenvalue weighted by Crippen LogP contribution is -2.56. The number of nitrogens with zero attached hydrogens (tertiary/aromatic N) is 1. The van der Waals surface area contributed by atoms with Crippen LogP contribution in [-0.4, -0.2) is 26.4 Å². The molecule has 3 heteroatoms. The molecule has 0 bridgehead atoms. The number of likely N-dealkylation sites (N-methyl/N-ethyl adjacent to an activating group) is 1. The van der Waals surface area contributed by atoms with Crippen molar-refractivity contribution in [3.8, 4) is 0 Å². The zero-order valence-electron chi connectivity index (χ0n) is 13.3. The summed E-state index contributed by atoms with van der Waals surface area (Å²) in [7, 11) is 0.706. The Balaban J connectivity index is 2.02. The van der Waals surface area contributed by atoms with Gasteiger partial charge in [-0.25, -0.2) is 0 Å². The van der Waals surface area contributed by atoms with Crippen molar-refractivity contribution in [1.29, 1.82) is 0 Å². The second-order valence-electron chi connectivity index (χ2n) is 6.12. The van der Waals surface area contributed by atoms with Crippen molar-refractivity contribution in [2.24, 2.45) is 5.73 Å². The van der Waals surface area contributed by atoms with Crippen molar-refractivity contribution in [2.75, 3.05) is 13.6 Å². The Hall–Kier alpha value is -1.42. The lowest BCUT2D eigenvalue weighted by atomic mass is 10.1. The minimum atomic E-state index is -1.55. The number of hydrogen-bond donors (Lipinski definition) is 1. The molecule has 0 aliphatic heterocycles. The average molecular weight is 299 g/mol. The summed E-state index contributed by atoms with van der Waals surface area (Å²) < 4.78 is 2.55. The number of benzene rings is 2. The van der Waals surface area contributed by atoms with Crippen LogP contribution in [0.1, 0.15) is 11.1 Å². The van der Waals surface area contributed by atoms with E-state index in [0.29, 0.717) is 6.54 Å². The summed E-state index contributed by atoms with van der Waals surface area (Å²) in [4.78, 5) is 0. The maximum Gasteiger partial charge on any atom is 0.153 e. The van der Waals surface area contributed by atoms with Gasteiger partial charge in [0.25, 0.3) is 0 Å². The molecule has 2 aromatic rings. The van der Waals surface area contributed by atoms with E-state index in [1.165, 1.54) is 16.3 Å². The second kappa shape index (κ2) is 7.03. The van der Waals surface area contributed by atoms with E-state index < -0.39 is 8.24 Å². The molecule has 2 rings (SSSR count). The molecule has 2 aromatic carbocycles. The van der Waals surface area contributed by atoms with E-state index in [-0.39, 0.29) is 0 Å². The first kappa shape index (κ1) is 16.0. The summed E-state index contributed by atoms with van der Waals surface area (Å²) >= 11 is 0. The highest BCUT2D eigenvalue weighted by Gasteiger charge is 2.28. The van der Waals surface area contributed by atoms with Crippen LogP contribution in [0.15, 0.2) is 54.6 Å². The molecule has 0 aliphatic rings. The lowest BCUT2D eigenvalue weighted by molar-refractivity contribution is 0.517. The van der Waals surface area contributed by atoms with E-state index >= 15 is 0 Å². The fourth-order valence-corrected chi connectivity index (χ4v) is 4.67. The fourth-order valence-electron chi connectivity index (χ4n) is 2.55. The molecule has 0 saturated carbocycles. The van der Waals surface area contributed by atoms with E-state index in [2.05, 4.69) is 79.3 Å². The van der Waals surface area contributed by atoms with Crippen LogP contribution in [-0.2, 0) is 13.0 Å². The highest BCUT2D eigenvalue weighted by molar-refractivity contribution is 6.87. The van der Waals surface area contributed by atoms with E-state index in [4.69, 9.17) is 5.73 Å². The number of rotatable bonds is 6. The average Bonchev–Trinajstić information content (AvgIpc) is 2.53. The van der Waals surface area contributed by atoms with Crippen LogP contribution in [0.25, 0.3) is 0 Å². The third-order valence-electron chi connectivity index (χ3n) is 4.40. The zero-order valence-corrected chi connectivity index (χ0v) is 14.3. The largest absolute Gasteiger partial charge is 0.326 e. The maximum atomic E-state index is 5.72. The summed E-state index contributed by atoms with van der Waals surface area (Å²) in [6.45, 7) is 6.54. The highest BCUT2D eigenvalue weighted by Crippen LogP contribution is 2.11. The topological polar surface area (TPSA) is 29.3 Å². The molecule has 2 N–H and O–H groups in total. The van der Waals surface area contributed by atoms with Gasteiger partial charge in [-0.05, 0) is 36.3 Å². The van der Waals surface area contributed by atoms with Crippen molar-refractivity contribution in [1.82, 2.24) is 4.57 Å². The summed E-state index contributed by atoms with van der Waals surface area (Å²) in [6, 6.07) is 19.5. The van der Waals surface area contributed by atoms with Crippen molar-refractivity contribution >= 4 is 13.4 Å². The van der Waals surface area contributed by atoms with Crippen molar-refractivity contribution in [2.45, 2.75) is 26.1 Å². The molecule has 0 fully saturated rings. The molecular weight excluding hydrogens is 272 g/mol. The minimum absolute atomic E-state index is 0.619. The van der Waals surface area contributed by atoms with E-state index in [1.54, 1.807) is 0 Å². The van der Waals surface area contributed by atoms with Gasteiger partial charge in [-0.1, -0.05) is 67.7 Å². The van der Waals surface area contributed by atoms with Gasteiger partial charge in [0, 0.05) is 6.54 Å². The molecule has 21 heavy (non-hydrogen) atoms. The van der Waals surface area contributed by atoms with Crippen LogP contribution in [0.5, 0.6) is 0 Å². The lowest BCUT2D eigenvalue weighted by Gasteiger charge is -2.34. The smallest absolute Gasteiger partial charge is 0.153 e. The molecule has 0 spiro atoms. The van der Waals surface area contributed by atoms with E-state index in [9.17, 15) is 0 Å². The van der Waals surface area contributed by atoms with Gasteiger partial charge in [-0.2, -0.15) is 0 Å². The summed E-state index contributed by atoms with van der Waals surface area (Å²) in [5.41, 5.74) is 8.31. The molecule has 0 heterocycles. The molecule has 0 aliphatic carbocycles. The van der Waals surface area contributed by atoms with Gasteiger partial charge in [0.2, 0.25) is 0 Å². The van der Waals surface area contributed by atoms with Gasteiger partial charge in [-0.15, -0.1) is 0 Å². The van der Waals surface area contributed by atoms with Gasteiger partial charge in [0.1, 0.15) is 0 Å². The summed E-state index contributed by atoms with van der Waals surface area (Å²) in [6.07, 6.45) is 1.08. The Bertz CT molecular complexity index is 566. The monoisotopic (exact) mass is 298 g/mol. The van der Waals surface area contributed by atoms with Crippen LogP contribution in [0.4, 0.5) is 0 Å². The molecule has 0 aromatic heterocycles. The van der Waals surface area contributed by atoms with Gasteiger partial charge >= 0.3 is 0 Å². The normalized spacial score (nSPS) is 11.9. The van der Waals surface area contributed by atoms with Gasteiger partial charge in [-0.3, -0.25) is 0 Å². The molecule has 0 atom stereocenters. The zero-order chi connectivity index (χ0) is 15.3. The Labute approximate surface area is 129 Å². The third kappa shape index (κ3) is 4.03. The van der Waals surface area contributed by atoms with Crippen LogP contribution >= 0.6 is 0 Å². The Morgan fingerprint density at radius 2 is 1.62 bits per heavy atom. The fraction of sp³-hybridized carbons (Fsp3) is 0.333. The van der Waals surface area contributed by atoms with E-state index in [1.807, 2.05) is 0 Å². The van der Waals surface area contributed by atoms with Crippen LogP contribution in [0.2, 0.25) is 13.1 Å². The maximum absolute atomic E-state index is 5.72. The van der Waals surface area contributed by atoms with Crippen LogP contribution < -0.4 is 10.9 Å². The van der Waals surface area contributed by atoms with Gasteiger partial charge < -0.3 is 10.3 Å². The molecule has 0 saturated heterocycles. The molecule has 0 unspecified atom stereocenters. The first-order valence-electron chi connectivity index (χ1n) is 7.58. The first-order valence-corrected chi connectivity index (χ1v) is 10.5. The van der Waals surface area contributed by atoms with E-state index in [0.717, 1.165) is 13.0 Å². The second-order valence-corrected chi connectivity index (χ2v) is 10.6. The molecular formula is C18H26N2Si. The van der Waals surface area contributed by atoms with Crippen LogP contribution in [0, 0.1) is 0 Å². The molecule has 0 amide bonds. The van der Waals surface area contributed by atoms with Crippen molar-refractivity contribution in [3.63, 3.8) is 0 Å².